The molecule has 0 spiro atoms. The smallest absolute Gasteiger partial charge is 0.172 e. The predicted molar refractivity (Wildman–Crippen MR) is 62.1 cm³/mol. The number of halogens is 2. The third-order valence-electron chi connectivity index (χ3n) is 2.39. The van der Waals surface area contributed by atoms with E-state index in [1.807, 2.05) is 36.3 Å². The molecule has 0 fully saturated rings. The van der Waals surface area contributed by atoms with Crippen LogP contribution in [-0.4, -0.2) is 0 Å². The molecule has 0 aromatic heterocycles. The van der Waals surface area contributed by atoms with Crippen LogP contribution < -0.4 is 0 Å². The Bertz CT molecular complexity index is 381. The first-order valence-electron chi connectivity index (χ1n) is 5.28. The SMILES string of the molecule is C#CC(CCCCc1ccccc1)=C(F)F. The van der Waals surface area contributed by atoms with Crippen LogP contribution in [0.2, 0.25) is 0 Å². The summed E-state index contributed by atoms with van der Waals surface area (Å²) in [5.41, 5.74) is 1.07. The minimum atomic E-state index is -1.72. The summed E-state index contributed by atoms with van der Waals surface area (Å²) >= 11 is 0. The second-order valence-electron chi connectivity index (χ2n) is 3.58. The van der Waals surface area contributed by atoms with Crippen molar-refractivity contribution in [3.05, 3.63) is 47.5 Å². The van der Waals surface area contributed by atoms with Gasteiger partial charge in [0.05, 0.1) is 5.57 Å². The molecule has 0 saturated carbocycles. The second-order valence-corrected chi connectivity index (χ2v) is 3.58. The lowest BCUT2D eigenvalue weighted by atomic mass is 10.0. The van der Waals surface area contributed by atoms with Crippen LogP contribution in [-0.2, 0) is 6.42 Å². The van der Waals surface area contributed by atoms with Crippen LogP contribution in [0.4, 0.5) is 8.78 Å². The molecule has 0 nitrogen and oxygen atoms in total. The summed E-state index contributed by atoms with van der Waals surface area (Å²) in [7, 11) is 0. The molecule has 0 atom stereocenters. The van der Waals surface area contributed by atoms with E-state index < -0.39 is 6.08 Å². The maximum Gasteiger partial charge on any atom is 0.281 e. The number of rotatable bonds is 5. The Hall–Kier alpha value is -1.62. The predicted octanol–water partition coefficient (Wildman–Crippen LogP) is 4.18. The highest BCUT2D eigenvalue weighted by Gasteiger charge is 2.02. The molecule has 0 aliphatic rings. The quantitative estimate of drug-likeness (QED) is 0.515. The molecule has 0 radical (unpaired) electrons. The molecule has 0 aliphatic heterocycles. The molecule has 0 saturated heterocycles. The zero-order valence-electron chi connectivity index (χ0n) is 9.05. The highest BCUT2D eigenvalue weighted by atomic mass is 19.3. The van der Waals surface area contributed by atoms with Crippen LogP contribution in [0.15, 0.2) is 42.0 Å². The molecule has 84 valence electrons. The van der Waals surface area contributed by atoms with Gasteiger partial charge in [0.2, 0.25) is 0 Å². The third-order valence-corrected chi connectivity index (χ3v) is 2.39. The summed E-state index contributed by atoms with van der Waals surface area (Å²) in [5, 5.41) is 0. The summed E-state index contributed by atoms with van der Waals surface area (Å²) in [5.74, 6) is 2.03. The fourth-order valence-corrected chi connectivity index (χ4v) is 1.50. The fourth-order valence-electron chi connectivity index (χ4n) is 1.50. The largest absolute Gasteiger partial charge is 0.281 e. The Labute approximate surface area is 95.0 Å². The van der Waals surface area contributed by atoms with Gasteiger partial charge >= 0.3 is 0 Å². The zero-order chi connectivity index (χ0) is 11.8. The van der Waals surface area contributed by atoms with Gasteiger partial charge in [-0.1, -0.05) is 36.3 Å². The van der Waals surface area contributed by atoms with Crippen molar-refractivity contribution in [2.24, 2.45) is 0 Å². The minimum Gasteiger partial charge on any atom is -0.172 e. The van der Waals surface area contributed by atoms with Gasteiger partial charge in [0.15, 0.2) is 0 Å². The van der Waals surface area contributed by atoms with Gasteiger partial charge in [0, 0.05) is 0 Å². The van der Waals surface area contributed by atoms with Crippen molar-refractivity contribution >= 4 is 0 Å². The molecule has 2 heteroatoms. The van der Waals surface area contributed by atoms with E-state index in [0.717, 1.165) is 12.8 Å². The van der Waals surface area contributed by atoms with Crippen LogP contribution in [0, 0.1) is 12.3 Å². The Balaban J connectivity index is 2.28. The van der Waals surface area contributed by atoms with Gasteiger partial charge in [-0.15, -0.1) is 6.42 Å². The van der Waals surface area contributed by atoms with Crippen LogP contribution in [0.25, 0.3) is 0 Å². The number of benzene rings is 1. The summed E-state index contributed by atoms with van der Waals surface area (Å²) < 4.78 is 24.4. The first kappa shape index (κ1) is 12.4. The molecule has 16 heavy (non-hydrogen) atoms. The van der Waals surface area contributed by atoms with Gasteiger partial charge in [-0.3, -0.25) is 0 Å². The average Bonchev–Trinajstić information content (AvgIpc) is 2.30. The van der Waals surface area contributed by atoms with Crippen molar-refractivity contribution < 1.29 is 8.78 Å². The highest BCUT2D eigenvalue weighted by molar-refractivity contribution is 5.25. The molecule has 0 amide bonds. The van der Waals surface area contributed by atoms with E-state index in [9.17, 15) is 8.78 Å². The van der Waals surface area contributed by atoms with E-state index in [2.05, 4.69) is 0 Å². The van der Waals surface area contributed by atoms with E-state index in [1.54, 1.807) is 0 Å². The van der Waals surface area contributed by atoms with Gasteiger partial charge < -0.3 is 0 Å². The summed E-state index contributed by atoms with van der Waals surface area (Å²) in [6.45, 7) is 0. The van der Waals surface area contributed by atoms with Crippen LogP contribution in [0.3, 0.4) is 0 Å². The summed E-state index contributed by atoms with van der Waals surface area (Å²) in [6.07, 6.45) is 6.04. The molecule has 1 aromatic carbocycles. The van der Waals surface area contributed by atoms with Crippen molar-refractivity contribution in [2.75, 3.05) is 0 Å². The van der Waals surface area contributed by atoms with E-state index >= 15 is 0 Å². The van der Waals surface area contributed by atoms with E-state index in [1.165, 1.54) is 5.56 Å². The molecule has 0 heterocycles. The van der Waals surface area contributed by atoms with Crippen LogP contribution >= 0.6 is 0 Å². The topological polar surface area (TPSA) is 0 Å². The minimum absolute atomic E-state index is 0.159. The van der Waals surface area contributed by atoms with E-state index in [0.29, 0.717) is 12.8 Å². The molecular formula is C14H14F2. The van der Waals surface area contributed by atoms with Crippen molar-refractivity contribution in [1.82, 2.24) is 0 Å². The van der Waals surface area contributed by atoms with Crippen LogP contribution in [0.1, 0.15) is 24.8 Å². The number of unbranched alkanes of at least 4 members (excludes halogenated alkanes) is 1. The monoisotopic (exact) mass is 220 g/mol. The molecule has 0 aliphatic carbocycles. The number of aryl methyl sites for hydroxylation is 1. The summed E-state index contributed by atoms with van der Waals surface area (Å²) in [6, 6.07) is 9.98. The van der Waals surface area contributed by atoms with Crippen LogP contribution in [0.5, 0.6) is 0 Å². The van der Waals surface area contributed by atoms with Gasteiger partial charge in [-0.2, -0.15) is 8.78 Å². The van der Waals surface area contributed by atoms with Crippen molar-refractivity contribution in [2.45, 2.75) is 25.7 Å². The van der Waals surface area contributed by atoms with Crippen molar-refractivity contribution in [3.8, 4) is 12.3 Å². The van der Waals surface area contributed by atoms with Crippen molar-refractivity contribution in [1.29, 1.82) is 0 Å². The number of hydrogen-bond acceptors (Lipinski definition) is 0. The molecule has 0 unspecified atom stereocenters. The molecule has 0 bridgehead atoms. The molecule has 1 aromatic rings. The average molecular weight is 220 g/mol. The Morgan fingerprint density at radius 3 is 2.38 bits per heavy atom. The number of allylic oxidation sites excluding steroid dienone is 1. The lowest BCUT2D eigenvalue weighted by molar-refractivity contribution is 0.411. The first-order chi connectivity index (χ1) is 7.74. The van der Waals surface area contributed by atoms with E-state index in [-0.39, 0.29) is 5.57 Å². The normalized spacial score (nSPS) is 9.56. The Morgan fingerprint density at radius 2 is 1.81 bits per heavy atom. The molecule has 1 rings (SSSR count). The van der Waals surface area contributed by atoms with Crippen molar-refractivity contribution in [3.63, 3.8) is 0 Å². The van der Waals surface area contributed by atoms with Gasteiger partial charge in [-0.25, -0.2) is 0 Å². The van der Waals surface area contributed by atoms with Gasteiger partial charge in [0.25, 0.3) is 6.08 Å². The van der Waals surface area contributed by atoms with E-state index in [4.69, 9.17) is 6.42 Å². The van der Waals surface area contributed by atoms with Gasteiger partial charge in [-0.05, 0) is 31.2 Å². The first-order valence-corrected chi connectivity index (χ1v) is 5.28. The molecule has 0 N–H and O–H groups in total. The summed E-state index contributed by atoms with van der Waals surface area (Å²) in [4.78, 5) is 0. The maximum atomic E-state index is 12.2. The number of terminal acetylenes is 1. The van der Waals surface area contributed by atoms with Gasteiger partial charge in [0.1, 0.15) is 0 Å². The molecular weight excluding hydrogens is 206 g/mol. The Morgan fingerprint density at radius 1 is 1.12 bits per heavy atom. The maximum absolute atomic E-state index is 12.2. The highest BCUT2D eigenvalue weighted by Crippen LogP contribution is 2.15. The second kappa shape index (κ2) is 6.79. The Kier molecular flexibility index (Phi) is 5.28. The number of hydrogen-bond donors (Lipinski definition) is 0. The lowest BCUT2D eigenvalue weighted by Crippen LogP contribution is -1.87. The standard InChI is InChI=1S/C14H14F2/c1-2-13(14(15)16)11-7-6-10-12-8-4-3-5-9-12/h1,3-5,8-9H,6-7,10-11H2. The zero-order valence-corrected chi connectivity index (χ0v) is 9.05. The third kappa shape index (κ3) is 4.27. The lowest BCUT2D eigenvalue weighted by Gasteiger charge is -2.01. The fraction of sp³-hybridized carbons (Fsp3) is 0.286.